The number of anilines is 1. The smallest absolute Gasteiger partial charge is 0.261 e. The number of hydrogen-bond acceptors (Lipinski definition) is 3. The average molecular weight is 435 g/mol. The Morgan fingerprint density at radius 3 is 2.54 bits per heavy atom. The molecule has 0 atom stereocenters. The Morgan fingerprint density at radius 1 is 1.19 bits per heavy atom. The minimum absolute atomic E-state index is 0.256. The largest absolute Gasteiger partial charge is 0.493 e. The molecule has 0 saturated heterocycles. The van der Waals surface area contributed by atoms with Crippen molar-refractivity contribution < 1.29 is 9.53 Å². The Morgan fingerprint density at radius 2 is 1.88 bits per heavy atom. The van der Waals surface area contributed by atoms with Crippen molar-refractivity contribution in [3.05, 3.63) is 57.6 Å². The van der Waals surface area contributed by atoms with Gasteiger partial charge in [-0.05, 0) is 61.8 Å². The van der Waals surface area contributed by atoms with E-state index in [1.54, 1.807) is 12.1 Å². The minimum Gasteiger partial charge on any atom is -0.493 e. The number of amides is 1. The highest BCUT2D eigenvalue weighted by Gasteiger charge is 2.15. The zero-order chi connectivity index (χ0) is 19.1. The lowest BCUT2D eigenvalue weighted by molar-refractivity contribution is 0.0973. The zero-order valence-corrected chi connectivity index (χ0v) is 17.6. The van der Waals surface area contributed by atoms with Crippen LogP contribution in [0.2, 0.25) is 0 Å². The molecule has 2 rings (SSSR count). The first-order chi connectivity index (χ1) is 12.4. The molecule has 6 heteroatoms. The van der Waals surface area contributed by atoms with Gasteiger partial charge in [0.15, 0.2) is 5.11 Å². The number of carbonyl (C=O) groups is 1. The van der Waals surface area contributed by atoms with Crippen molar-refractivity contribution in [3.8, 4) is 5.75 Å². The number of unbranched alkanes of at least 4 members (excludes halogenated alkanes) is 1. The van der Waals surface area contributed by atoms with Crippen LogP contribution in [0.15, 0.2) is 40.9 Å². The van der Waals surface area contributed by atoms with E-state index in [0.717, 1.165) is 34.1 Å². The molecule has 2 N–H and O–H groups in total. The standard InChI is InChI=1S/C20H23BrN2O2S/c1-4-5-11-25-17-10-9-15(21)12-16(17)19(24)23-20(26)22-18-13(2)7-6-8-14(18)3/h6-10,12H,4-5,11H2,1-3H3,(H2,22,23,24,26). The van der Waals surface area contributed by atoms with Crippen LogP contribution < -0.4 is 15.4 Å². The molecule has 4 nitrogen and oxygen atoms in total. The molecule has 0 radical (unpaired) electrons. The fraction of sp³-hybridized carbons (Fsp3) is 0.300. The molecule has 2 aromatic carbocycles. The normalized spacial score (nSPS) is 10.3. The second kappa shape index (κ2) is 9.69. The van der Waals surface area contributed by atoms with E-state index in [1.807, 2.05) is 38.1 Å². The number of carbonyl (C=O) groups excluding carboxylic acids is 1. The lowest BCUT2D eigenvalue weighted by Gasteiger charge is -2.15. The Labute approximate surface area is 168 Å². The van der Waals surface area contributed by atoms with Crippen LogP contribution in [-0.4, -0.2) is 17.6 Å². The van der Waals surface area contributed by atoms with Crippen molar-refractivity contribution in [1.82, 2.24) is 5.32 Å². The van der Waals surface area contributed by atoms with Crippen LogP contribution in [-0.2, 0) is 0 Å². The maximum Gasteiger partial charge on any atom is 0.261 e. The van der Waals surface area contributed by atoms with Crippen molar-refractivity contribution >= 4 is 44.9 Å². The Hall–Kier alpha value is -1.92. The molecule has 0 aliphatic rings. The van der Waals surface area contributed by atoms with Gasteiger partial charge < -0.3 is 10.1 Å². The van der Waals surface area contributed by atoms with Crippen LogP contribution in [0.5, 0.6) is 5.75 Å². The minimum atomic E-state index is -0.304. The molecule has 0 unspecified atom stereocenters. The molecule has 0 bridgehead atoms. The summed E-state index contributed by atoms with van der Waals surface area (Å²) in [4.78, 5) is 12.7. The summed E-state index contributed by atoms with van der Waals surface area (Å²) in [6.45, 7) is 6.65. The number of para-hydroxylation sites is 1. The highest BCUT2D eigenvalue weighted by atomic mass is 79.9. The van der Waals surface area contributed by atoms with E-state index in [0.29, 0.717) is 17.9 Å². The topological polar surface area (TPSA) is 50.4 Å². The quantitative estimate of drug-likeness (QED) is 0.473. The average Bonchev–Trinajstić information content (AvgIpc) is 2.59. The fourth-order valence-corrected chi connectivity index (χ4v) is 3.01. The molecule has 0 aromatic heterocycles. The van der Waals surface area contributed by atoms with E-state index in [2.05, 4.69) is 33.5 Å². The SMILES string of the molecule is CCCCOc1ccc(Br)cc1C(=O)NC(=S)Nc1c(C)cccc1C. The number of rotatable bonds is 6. The summed E-state index contributed by atoms with van der Waals surface area (Å²) in [5.41, 5.74) is 3.48. The van der Waals surface area contributed by atoms with E-state index in [4.69, 9.17) is 17.0 Å². The Balaban J connectivity index is 2.11. The van der Waals surface area contributed by atoms with Crippen molar-refractivity contribution in [2.45, 2.75) is 33.6 Å². The van der Waals surface area contributed by atoms with Crippen LogP contribution in [0, 0.1) is 13.8 Å². The van der Waals surface area contributed by atoms with Gasteiger partial charge in [-0.3, -0.25) is 10.1 Å². The van der Waals surface area contributed by atoms with Gasteiger partial charge in [0, 0.05) is 10.2 Å². The van der Waals surface area contributed by atoms with Crippen molar-refractivity contribution in [2.24, 2.45) is 0 Å². The number of thiocarbonyl (C=S) groups is 1. The summed E-state index contributed by atoms with van der Waals surface area (Å²) < 4.78 is 6.55. The lowest BCUT2D eigenvalue weighted by atomic mass is 10.1. The van der Waals surface area contributed by atoms with Crippen molar-refractivity contribution in [2.75, 3.05) is 11.9 Å². The van der Waals surface area contributed by atoms with Crippen LogP contribution in [0.1, 0.15) is 41.3 Å². The number of nitrogens with one attached hydrogen (secondary N) is 2. The summed E-state index contributed by atoms with van der Waals surface area (Å²) in [7, 11) is 0. The summed E-state index contributed by atoms with van der Waals surface area (Å²) in [5, 5.41) is 6.11. The summed E-state index contributed by atoms with van der Waals surface area (Å²) in [6, 6.07) is 11.3. The summed E-state index contributed by atoms with van der Waals surface area (Å²) in [5.74, 6) is 0.246. The third-order valence-corrected chi connectivity index (χ3v) is 4.59. The van der Waals surface area contributed by atoms with E-state index >= 15 is 0 Å². The molecular formula is C20H23BrN2O2S. The maximum absolute atomic E-state index is 12.7. The number of hydrogen-bond donors (Lipinski definition) is 2. The molecule has 0 saturated carbocycles. The predicted molar refractivity (Wildman–Crippen MR) is 114 cm³/mol. The molecule has 0 aliphatic heterocycles. The monoisotopic (exact) mass is 434 g/mol. The Kier molecular flexibility index (Phi) is 7.60. The van der Waals surface area contributed by atoms with Crippen LogP contribution in [0.3, 0.4) is 0 Å². The van der Waals surface area contributed by atoms with Gasteiger partial charge in [-0.1, -0.05) is 47.5 Å². The van der Waals surface area contributed by atoms with Gasteiger partial charge in [0.1, 0.15) is 5.75 Å². The van der Waals surface area contributed by atoms with Gasteiger partial charge in [0.05, 0.1) is 12.2 Å². The molecule has 2 aromatic rings. The number of aryl methyl sites for hydroxylation is 2. The lowest BCUT2D eigenvalue weighted by Crippen LogP contribution is -2.34. The van der Waals surface area contributed by atoms with E-state index < -0.39 is 0 Å². The Bertz CT molecular complexity index is 788. The summed E-state index contributed by atoms with van der Waals surface area (Å²) in [6.07, 6.45) is 1.96. The molecule has 0 fully saturated rings. The van der Waals surface area contributed by atoms with E-state index in [9.17, 15) is 4.79 Å². The number of ether oxygens (including phenoxy) is 1. The van der Waals surface area contributed by atoms with Crippen molar-refractivity contribution in [1.29, 1.82) is 0 Å². The van der Waals surface area contributed by atoms with Crippen LogP contribution in [0.25, 0.3) is 0 Å². The molecule has 26 heavy (non-hydrogen) atoms. The molecule has 1 amide bonds. The highest BCUT2D eigenvalue weighted by molar-refractivity contribution is 9.10. The van der Waals surface area contributed by atoms with Gasteiger partial charge in [-0.2, -0.15) is 0 Å². The molecule has 0 heterocycles. The predicted octanol–water partition coefficient (Wildman–Crippen LogP) is 5.37. The second-order valence-electron chi connectivity index (χ2n) is 6.02. The van der Waals surface area contributed by atoms with E-state index in [-0.39, 0.29) is 11.0 Å². The van der Waals surface area contributed by atoms with Crippen LogP contribution >= 0.6 is 28.1 Å². The fourth-order valence-electron chi connectivity index (χ4n) is 2.46. The van der Waals surface area contributed by atoms with Crippen molar-refractivity contribution in [3.63, 3.8) is 0 Å². The molecule has 0 aliphatic carbocycles. The second-order valence-corrected chi connectivity index (χ2v) is 7.34. The zero-order valence-electron chi connectivity index (χ0n) is 15.2. The first-order valence-corrected chi connectivity index (χ1v) is 9.73. The van der Waals surface area contributed by atoms with Gasteiger partial charge in [-0.25, -0.2) is 0 Å². The van der Waals surface area contributed by atoms with Gasteiger partial charge in [0.2, 0.25) is 0 Å². The molecule has 0 spiro atoms. The van der Waals surface area contributed by atoms with Gasteiger partial charge >= 0.3 is 0 Å². The third kappa shape index (κ3) is 5.54. The maximum atomic E-state index is 12.7. The third-order valence-electron chi connectivity index (χ3n) is 3.89. The number of halogens is 1. The van der Waals surface area contributed by atoms with Gasteiger partial charge in [0.25, 0.3) is 5.91 Å². The highest BCUT2D eigenvalue weighted by Crippen LogP contribution is 2.24. The molecule has 138 valence electrons. The van der Waals surface area contributed by atoms with E-state index in [1.165, 1.54) is 0 Å². The van der Waals surface area contributed by atoms with Gasteiger partial charge in [-0.15, -0.1) is 0 Å². The summed E-state index contributed by atoms with van der Waals surface area (Å²) >= 11 is 8.72. The molecular weight excluding hydrogens is 412 g/mol. The first kappa shape index (κ1) is 20.4. The number of benzene rings is 2. The first-order valence-electron chi connectivity index (χ1n) is 8.53. The van der Waals surface area contributed by atoms with Crippen LogP contribution in [0.4, 0.5) is 5.69 Å².